The number of carbonyl (C=O) groups is 1. The van der Waals surface area contributed by atoms with Crippen molar-refractivity contribution in [1.29, 1.82) is 0 Å². The number of anilines is 1. The molecule has 0 spiro atoms. The summed E-state index contributed by atoms with van der Waals surface area (Å²) in [5, 5.41) is 2.79. The van der Waals surface area contributed by atoms with Crippen LogP contribution in [0.1, 0.15) is 5.56 Å². The number of methoxy groups -OCH3 is 1. The van der Waals surface area contributed by atoms with Gasteiger partial charge in [0, 0.05) is 18.3 Å². The van der Waals surface area contributed by atoms with Gasteiger partial charge in [0.15, 0.2) is 6.61 Å². The summed E-state index contributed by atoms with van der Waals surface area (Å²) in [6, 6.07) is 14.5. The summed E-state index contributed by atoms with van der Waals surface area (Å²) >= 11 is 0. The number of hydrogen-bond acceptors (Lipinski definition) is 4. The predicted octanol–water partition coefficient (Wildman–Crippen LogP) is 1.97. The number of nitrogens with one attached hydrogen (secondary N) is 1. The average molecular weight is 286 g/mol. The highest BCUT2D eigenvalue weighted by atomic mass is 16.5. The van der Waals surface area contributed by atoms with Crippen LogP contribution in [0.3, 0.4) is 0 Å². The van der Waals surface area contributed by atoms with Crippen molar-refractivity contribution in [3.63, 3.8) is 0 Å². The molecule has 0 unspecified atom stereocenters. The van der Waals surface area contributed by atoms with Crippen LogP contribution in [-0.2, 0) is 11.3 Å². The molecule has 2 aromatic rings. The number of nitrogens with two attached hydrogens (primary N) is 1. The van der Waals surface area contributed by atoms with Gasteiger partial charge >= 0.3 is 0 Å². The first-order valence-corrected chi connectivity index (χ1v) is 6.55. The van der Waals surface area contributed by atoms with Gasteiger partial charge in [0.1, 0.15) is 11.5 Å². The van der Waals surface area contributed by atoms with Crippen molar-refractivity contribution in [2.24, 2.45) is 0 Å². The number of amides is 1. The van der Waals surface area contributed by atoms with E-state index in [-0.39, 0.29) is 12.5 Å². The zero-order chi connectivity index (χ0) is 15.1. The molecule has 2 aromatic carbocycles. The molecule has 110 valence electrons. The van der Waals surface area contributed by atoms with Gasteiger partial charge in [0.2, 0.25) is 0 Å². The molecule has 0 heterocycles. The molecular weight excluding hydrogens is 268 g/mol. The van der Waals surface area contributed by atoms with Crippen molar-refractivity contribution in [1.82, 2.24) is 5.32 Å². The van der Waals surface area contributed by atoms with E-state index >= 15 is 0 Å². The van der Waals surface area contributed by atoms with Gasteiger partial charge in [-0.3, -0.25) is 4.79 Å². The Bertz CT molecular complexity index is 597. The lowest BCUT2D eigenvalue weighted by Gasteiger charge is -2.08. The molecule has 0 radical (unpaired) electrons. The second-order valence-corrected chi connectivity index (χ2v) is 4.49. The highest BCUT2D eigenvalue weighted by Gasteiger charge is 2.03. The Balaban J connectivity index is 1.76. The Labute approximate surface area is 123 Å². The van der Waals surface area contributed by atoms with E-state index in [4.69, 9.17) is 15.2 Å². The van der Waals surface area contributed by atoms with Gasteiger partial charge in [0.05, 0.1) is 7.11 Å². The van der Waals surface area contributed by atoms with Crippen LogP contribution in [0.5, 0.6) is 11.5 Å². The Morgan fingerprint density at radius 1 is 1.14 bits per heavy atom. The van der Waals surface area contributed by atoms with E-state index in [9.17, 15) is 4.79 Å². The molecule has 0 saturated carbocycles. The number of benzene rings is 2. The molecule has 0 bridgehead atoms. The largest absolute Gasteiger partial charge is 0.497 e. The normalized spacial score (nSPS) is 9.95. The molecular formula is C16H18N2O3. The second kappa shape index (κ2) is 7.19. The van der Waals surface area contributed by atoms with Crippen molar-refractivity contribution in [3.8, 4) is 11.5 Å². The fourth-order valence-corrected chi connectivity index (χ4v) is 1.75. The predicted molar refractivity (Wildman–Crippen MR) is 81.2 cm³/mol. The van der Waals surface area contributed by atoms with Crippen molar-refractivity contribution in [2.75, 3.05) is 19.5 Å². The van der Waals surface area contributed by atoms with Crippen molar-refractivity contribution >= 4 is 11.6 Å². The van der Waals surface area contributed by atoms with Gasteiger partial charge in [-0.15, -0.1) is 0 Å². The molecule has 0 aliphatic rings. The zero-order valence-corrected chi connectivity index (χ0v) is 11.8. The summed E-state index contributed by atoms with van der Waals surface area (Å²) in [6.45, 7) is 0.405. The molecule has 21 heavy (non-hydrogen) atoms. The molecule has 5 nitrogen and oxygen atoms in total. The molecule has 2 rings (SSSR count). The van der Waals surface area contributed by atoms with Crippen LogP contribution in [0.25, 0.3) is 0 Å². The maximum Gasteiger partial charge on any atom is 0.258 e. The van der Waals surface area contributed by atoms with Crippen molar-refractivity contribution < 1.29 is 14.3 Å². The quantitative estimate of drug-likeness (QED) is 0.796. The Kier molecular flexibility index (Phi) is 5.04. The minimum atomic E-state index is -0.187. The van der Waals surface area contributed by atoms with Gasteiger partial charge in [0.25, 0.3) is 5.91 Å². The van der Waals surface area contributed by atoms with E-state index in [0.29, 0.717) is 18.0 Å². The van der Waals surface area contributed by atoms with E-state index in [1.54, 1.807) is 31.4 Å². The number of ether oxygens (including phenoxy) is 2. The van der Waals surface area contributed by atoms with Crippen LogP contribution in [-0.4, -0.2) is 19.6 Å². The Hall–Kier alpha value is -2.69. The van der Waals surface area contributed by atoms with Crippen LogP contribution in [0.15, 0.2) is 48.5 Å². The molecule has 0 aliphatic heterocycles. The van der Waals surface area contributed by atoms with Crippen LogP contribution in [0, 0.1) is 0 Å². The fraction of sp³-hybridized carbons (Fsp3) is 0.188. The van der Waals surface area contributed by atoms with Gasteiger partial charge < -0.3 is 20.5 Å². The van der Waals surface area contributed by atoms with E-state index < -0.39 is 0 Å². The standard InChI is InChI=1S/C16H18N2O3/c1-20-14-7-5-12(6-8-14)10-18-16(19)11-21-15-4-2-3-13(17)9-15/h2-9H,10-11,17H2,1H3,(H,18,19). The molecule has 0 fully saturated rings. The first-order chi connectivity index (χ1) is 10.2. The van der Waals surface area contributed by atoms with E-state index in [2.05, 4.69) is 5.32 Å². The van der Waals surface area contributed by atoms with Gasteiger partial charge in [-0.1, -0.05) is 18.2 Å². The highest BCUT2D eigenvalue weighted by molar-refractivity contribution is 5.77. The smallest absolute Gasteiger partial charge is 0.258 e. The first-order valence-electron chi connectivity index (χ1n) is 6.55. The zero-order valence-electron chi connectivity index (χ0n) is 11.8. The summed E-state index contributed by atoms with van der Waals surface area (Å²) in [4.78, 5) is 11.7. The lowest BCUT2D eigenvalue weighted by Crippen LogP contribution is -2.28. The van der Waals surface area contributed by atoms with Crippen LogP contribution in [0.4, 0.5) is 5.69 Å². The van der Waals surface area contributed by atoms with Gasteiger partial charge in [-0.2, -0.15) is 0 Å². The molecule has 0 atom stereocenters. The molecule has 0 aliphatic carbocycles. The lowest BCUT2D eigenvalue weighted by atomic mass is 10.2. The monoisotopic (exact) mass is 286 g/mol. The summed E-state index contributed by atoms with van der Waals surface area (Å²) in [5.74, 6) is 1.18. The number of hydrogen-bond donors (Lipinski definition) is 2. The number of rotatable bonds is 6. The number of nitrogen functional groups attached to an aromatic ring is 1. The third-order valence-corrected chi connectivity index (χ3v) is 2.88. The number of carbonyl (C=O) groups excluding carboxylic acids is 1. The van der Waals surface area contributed by atoms with Gasteiger partial charge in [-0.25, -0.2) is 0 Å². The minimum absolute atomic E-state index is 0.0421. The SMILES string of the molecule is COc1ccc(CNC(=O)COc2cccc(N)c2)cc1. The third kappa shape index (κ3) is 4.72. The van der Waals surface area contributed by atoms with Crippen molar-refractivity contribution in [2.45, 2.75) is 6.54 Å². The maximum absolute atomic E-state index is 11.7. The Morgan fingerprint density at radius 3 is 2.57 bits per heavy atom. The van der Waals surface area contributed by atoms with Crippen molar-refractivity contribution in [3.05, 3.63) is 54.1 Å². The van der Waals surface area contributed by atoms with Crippen LogP contribution >= 0.6 is 0 Å². The van der Waals surface area contributed by atoms with Crippen LogP contribution in [0.2, 0.25) is 0 Å². The first kappa shape index (κ1) is 14.7. The van der Waals surface area contributed by atoms with Gasteiger partial charge in [-0.05, 0) is 29.8 Å². The Morgan fingerprint density at radius 2 is 1.90 bits per heavy atom. The topological polar surface area (TPSA) is 73.6 Å². The minimum Gasteiger partial charge on any atom is -0.497 e. The summed E-state index contributed by atoms with van der Waals surface area (Å²) in [6.07, 6.45) is 0. The molecule has 1 amide bonds. The summed E-state index contributed by atoms with van der Waals surface area (Å²) < 4.78 is 10.4. The van der Waals surface area contributed by atoms with Crippen LogP contribution < -0.4 is 20.5 Å². The second-order valence-electron chi connectivity index (χ2n) is 4.49. The molecule has 0 aromatic heterocycles. The van der Waals surface area contributed by atoms with E-state index in [0.717, 1.165) is 11.3 Å². The van der Waals surface area contributed by atoms with E-state index in [1.807, 2.05) is 24.3 Å². The lowest BCUT2D eigenvalue weighted by molar-refractivity contribution is -0.123. The fourth-order valence-electron chi connectivity index (χ4n) is 1.75. The third-order valence-electron chi connectivity index (χ3n) is 2.88. The maximum atomic E-state index is 11.7. The molecule has 5 heteroatoms. The summed E-state index contributed by atoms with van der Waals surface area (Å²) in [7, 11) is 1.62. The molecule has 3 N–H and O–H groups in total. The highest BCUT2D eigenvalue weighted by Crippen LogP contribution is 2.14. The molecule has 0 saturated heterocycles. The summed E-state index contributed by atoms with van der Waals surface area (Å²) in [5.41, 5.74) is 7.23. The average Bonchev–Trinajstić information content (AvgIpc) is 2.51. The van der Waals surface area contributed by atoms with E-state index in [1.165, 1.54) is 0 Å².